The van der Waals surface area contributed by atoms with E-state index in [0.29, 0.717) is 0 Å². The predicted molar refractivity (Wildman–Crippen MR) is 88.2 cm³/mol. The van der Waals surface area contributed by atoms with Crippen LogP contribution in [0.3, 0.4) is 0 Å². The number of hydrogen-bond acceptors (Lipinski definition) is 0. The van der Waals surface area contributed by atoms with Crippen LogP contribution in [0.4, 0.5) is 8.78 Å². The van der Waals surface area contributed by atoms with Crippen LogP contribution in [0, 0.1) is 0 Å². The van der Waals surface area contributed by atoms with Gasteiger partial charge in [-0.2, -0.15) is 0 Å². The molecule has 0 saturated heterocycles. The number of halogens is 3. The third-order valence-electron chi connectivity index (χ3n) is 3.66. The van der Waals surface area contributed by atoms with Gasteiger partial charge >= 0.3 is 130 Å². The third kappa shape index (κ3) is 6.53. The van der Waals surface area contributed by atoms with Crippen LogP contribution < -0.4 is 0 Å². The Morgan fingerprint density at radius 3 is 1.39 bits per heavy atom. The molecule has 0 radical (unpaired) electrons. The predicted octanol–water partition coefficient (Wildman–Crippen LogP) is 6.92. The van der Waals surface area contributed by atoms with E-state index < -0.39 is 22.2 Å². The van der Waals surface area contributed by atoms with Gasteiger partial charge in [-0.05, 0) is 0 Å². The Morgan fingerprint density at radius 2 is 1.17 bits per heavy atom. The zero-order valence-electron chi connectivity index (χ0n) is 12.0. The van der Waals surface area contributed by atoms with Crippen molar-refractivity contribution < 1.29 is 8.78 Å². The Hall–Kier alpha value is 1.13. The first-order chi connectivity index (χ1) is 8.54. The van der Waals surface area contributed by atoms with Crippen LogP contribution in [0.25, 0.3) is 0 Å². The van der Waals surface area contributed by atoms with E-state index >= 15 is 0 Å². The van der Waals surface area contributed by atoms with Crippen molar-refractivity contribution in [1.82, 2.24) is 0 Å². The molecule has 4 heteroatoms. The summed E-state index contributed by atoms with van der Waals surface area (Å²) < 4.78 is 30.0. The average Bonchev–Trinajstić information content (AvgIpc) is 2.37. The fourth-order valence-electron chi connectivity index (χ4n) is 2.45. The fraction of sp³-hybridized carbons (Fsp3) is 0.857. The molecule has 0 rings (SSSR count). The summed E-state index contributed by atoms with van der Waals surface area (Å²) in [5.74, 6) is 0. The van der Waals surface area contributed by atoms with Crippen LogP contribution in [0.1, 0.15) is 59.3 Å². The topological polar surface area (TPSA) is 0 Å². The van der Waals surface area contributed by atoms with E-state index in [-0.39, 0.29) is 3.84 Å². The molecule has 0 fully saturated rings. The van der Waals surface area contributed by atoms with Crippen LogP contribution in [0.15, 0.2) is 7.68 Å². The Morgan fingerprint density at radius 1 is 0.833 bits per heavy atom. The van der Waals surface area contributed by atoms with E-state index in [1.165, 1.54) is 22.6 Å². The monoisotopic (exact) mass is 480 g/mol. The Kier molecular flexibility index (Phi) is 11.5. The van der Waals surface area contributed by atoms with Gasteiger partial charge in [-0.15, -0.1) is 0 Å². The fourth-order valence-corrected chi connectivity index (χ4v) is 20.3. The molecule has 0 aromatic rings. The molecule has 0 unspecified atom stereocenters. The minimum absolute atomic E-state index is 0.278. The summed E-state index contributed by atoms with van der Waals surface area (Å²) in [5, 5.41) is 0. The van der Waals surface area contributed by atoms with Gasteiger partial charge in [-0.1, -0.05) is 0 Å². The van der Waals surface area contributed by atoms with Crippen molar-refractivity contribution in [2.75, 3.05) is 0 Å². The van der Waals surface area contributed by atoms with Gasteiger partial charge in [0.1, 0.15) is 0 Å². The van der Waals surface area contributed by atoms with E-state index in [9.17, 15) is 8.78 Å². The summed E-state index contributed by atoms with van der Waals surface area (Å²) in [6.07, 6.45) is 6.48. The van der Waals surface area contributed by atoms with E-state index in [0.717, 1.165) is 51.8 Å². The first-order valence-electron chi connectivity index (χ1n) is 7.25. The molecule has 0 aliphatic carbocycles. The maximum absolute atomic E-state index is 14.4. The molecule has 0 nitrogen and oxygen atoms in total. The second-order valence-electron chi connectivity index (χ2n) is 5.17. The average molecular weight is 479 g/mol. The molecule has 0 aromatic carbocycles. The molecule has 0 bridgehead atoms. The van der Waals surface area contributed by atoms with E-state index in [1.807, 2.05) is 0 Å². The van der Waals surface area contributed by atoms with Crippen LogP contribution in [0.2, 0.25) is 13.3 Å². The molecule has 0 aromatic heterocycles. The quantitative estimate of drug-likeness (QED) is 0.236. The summed E-state index contributed by atoms with van der Waals surface area (Å²) in [4.78, 5) is 0. The Labute approximate surface area is 129 Å². The van der Waals surface area contributed by atoms with Gasteiger partial charge in [0.2, 0.25) is 0 Å². The van der Waals surface area contributed by atoms with Crippen LogP contribution in [0.5, 0.6) is 0 Å². The van der Waals surface area contributed by atoms with E-state index in [4.69, 9.17) is 0 Å². The molecular weight excluding hydrogens is 452 g/mol. The summed E-state index contributed by atoms with van der Waals surface area (Å²) >= 11 is -1.50. The standard InChI is InChI=1S/3C4H9.C2F2I.Sn/c3*1-3-4-2;3-1-2(4)5;/h3*1,3-4H2,2H3;;. The second-order valence-corrected chi connectivity index (χ2v) is 19.0. The normalized spacial score (nSPS) is 13.7. The number of rotatable bonds is 10. The summed E-state index contributed by atoms with van der Waals surface area (Å²) in [7, 11) is 0. The van der Waals surface area contributed by atoms with Gasteiger partial charge in [0.15, 0.2) is 0 Å². The molecule has 0 saturated carbocycles. The zero-order valence-corrected chi connectivity index (χ0v) is 17.0. The Balaban J connectivity index is 5.04. The van der Waals surface area contributed by atoms with Gasteiger partial charge in [0.25, 0.3) is 0 Å². The summed E-state index contributed by atoms with van der Waals surface area (Å²) in [5.41, 5.74) is 0. The molecule has 0 atom stereocenters. The van der Waals surface area contributed by atoms with Crippen LogP contribution in [-0.4, -0.2) is 18.4 Å². The molecule has 108 valence electrons. The van der Waals surface area contributed by atoms with Crippen molar-refractivity contribution in [3.8, 4) is 0 Å². The number of hydrogen-bond donors (Lipinski definition) is 0. The first kappa shape index (κ1) is 19.1. The third-order valence-corrected chi connectivity index (χ3v) is 20.1. The van der Waals surface area contributed by atoms with E-state index in [2.05, 4.69) is 20.8 Å². The number of unbranched alkanes of at least 4 members (excludes halogenated alkanes) is 3. The molecule has 0 N–H and O–H groups in total. The van der Waals surface area contributed by atoms with Crippen molar-refractivity contribution in [3.63, 3.8) is 0 Å². The minimum atomic E-state index is -3.04. The second kappa shape index (κ2) is 10.9. The molecular formula is C14H27F2ISn. The maximum atomic E-state index is 14.4. The molecule has 0 aliphatic heterocycles. The molecule has 18 heavy (non-hydrogen) atoms. The van der Waals surface area contributed by atoms with Crippen LogP contribution in [-0.2, 0) is 0 Å². The molecule has 0 amide bonds. The zero-order chi connectivity index (χ0) is 14.0. The van der Waals surface area contributed by atoms with Gasteiger partial charge < -0.3 is 0 Å². The van der Waals surface area contributed by atoms with Gasteiger partial charge in [-0.25, -0.2) is 0 Å². The van der Waals surface area contributed by atoms with Gasteiger partial charge in [0.05, 0.1) is 0 Å². The Bertz CT molecular complexity index is 228. The van der Waals surface area contributed by atoms with Crippen molar-refractivity contribution in [1.29, 1.82) is 0 Å². The van der Waals surface area contributed by atoms with Crippen molar-refractivity contribution >= 4 is 41.0 Å². The summed E-state index contributed by atoms with van der Waals surface area (Å²) in [6.45, 7) is 6.41. The molecule has 0 heterocycles. The summed E-state index contributed by atoms with van der Waals surface area (Å²) in [6, 6.07) is 0. The van der Waals surface area contributed by atoms with Gasteiger partial charge in [-0.3, -0.25) is 0 Å². The molecule has 0 spiro atoms. The van der Waals surface area contributed by atoms with Crippen molar-refractivity contribution in [2.45, 2.75) is 72.6 Å². The van der Waals surface area contributed by atoms with Crippen molar-refractivity contribution in [3.05, 3.63) is 7.68 Å². The van der Waals surface area contributed by atoms with Crippen molar-refractivity contribution in [2.24, 2.45) is 0 Å². The molecule has 0 aliphatic rings. The van der Waals surface area contributed by atoms with Gasteiger partial charge in [0, 0.05) is 0 Å². The SMILES string of the molecule is CCC[CH2][Sn]([CH2]CCC)([CH2]CCC)/[C](F)=C(/F)I. The van der Waals surface area contributed by atoms with Crippen LogP contribution >= 0.6 is 22.6 Å². The van der Waals surface area contributed by atoms with E-state index in [1.54, 1.807) is 0 Å². The first-order valence-corrected chi connectivity index (χ1v) is 15.8.